The Bertz CT molecular complexity index is 807. The number of phenols is 1. The molecule has 6 heteroatoms. The molecule has 152 valence electrons. The van der Waals surface area contributed by atoms with E-state index in [0.717, 1.165) is 68.4 Å². The van der Waals surface area contributed by atoms with Gasteiger partial charge >= 0.3 is 0 Å². The van der Waals surface area contributed by atoms with Crippen molar-refractivity contribution < 1.29 is 19.5 Å². The lowest BCUT2D eigenvalue weighted by molar-refractivity contribution is -0.892. The lowest BCUT2D eigenvalue weighted by Gasteiger charge is -2.33. The Labute approximate surface area is 167 Å². The second-order valence-corrected chi connectivity index (χ2v) is 7.61. The summed E-state index contributed by atoms with van der Waals surface area (Å²) < 4.78 is 7.36. The summed E-state index contributed by atoms with van der Waals surface area (Å²) in [5.41, 5.74) is 3.93. The van der Waals surface area contributed by atoms with Crippen LogP contribution in [0.15, 0.2) is 30.3 Å². The van der Waals surface area contributed by atoms with Crippen LogP contribution in [0.25, 0.3) is 0 Å². The number of ether oxygens (including phenoxy) is 1. The summed E-state index contributed by atoms with van der Waals surface area (Å²) in [5, 5.41) is 10.0. The van der Waals surface area contributed by atoms with Gasteiger partial charge in [0.1, 0.15) is 12.3 Å². The van der Waals surface area contributed by atoms with E-state index in [4.69, 9.17) is 4.74 Å². The van der Waals surface area contributed by atoms with Crippen LogP contribution in [0.2, 0.25) is 0 Å². The maximum atomic E-state index is 12.9. The number of ketones is 1. The van der Waals surface area contributed by atoms with Gasteiger partial charge in [-0.25, -0.2) is 0 Å². The van der Waals surface area contributed by atoms with Crippen molar-refractivity contribution in [1.29, 1.82) is 0 Å². The van der Waals surface area contributed by atoms with Gasteiger partial charge in [-0.2, -0.15) is 0 Å². The van der Waals surface area contributed by atoms with E-state index < -0.39 is 0 Å². The lowest BCUT2D eigenvalue weighted by Crippen LogP contribution is -3.15. The van der Waals surface area contributed by atoms with Crippen LogP contribution in [-0.4, -0.2) is 61.9 Å². The van der Waals surface area contributed by atoms with Crippen molar-refractivity contribution in [3.63, 3.8) is 0 Å². The topological polar surface area (TPSA) is 59.1 Å². The van der Waals surface area contributed by atoms with Gasteiger partial charge in [-0.15, -0.1) is 0 Å². The number of para-hydroxylation sites is 2. The molecule has 0 atom stereocenters. The molecule has 1 fully saturated rings. The molecule has 0 bridgehead atoms. The van der Waals surface area contributed by atoms with Crippen LogP contribution in [0, 0.1) is 13.8 Å². The summed E-state index contributed by atoms with van der Waals surface area (Å²) in [6, 6.07) is 9.48. The number of methoxy groups -OCH3 is 1. The van der Waals surface area contributed by atoms with Crippen molar-refractivity contribution >= 4 is 11.5 Å². The molecule has 0 amide bonds. The number of anilines is 1. The molecule has 2 aromatic rings. The number of nitrogens with zero attached hydrogens (tertiary/aromatic N) is 2. The van der Waals surface area contributed by atoms with Crippen molar-refractivity contribution in [2.24, 2.45) is 0 Å². The first-order valence-electron chi connectivity index (χ1n) is 10.1. The molecular weight excluding hydrogens is 354 g/mol. The average molecular weight is 387 g/mol. The predicted octanol–water partition coefficient (Wildman–Crippen LogP) is 1.43. The predicted molar refractivity (Wildman–Crippen MR) is 111 cm³/mol. The fourth-order valence-electron chi connectivity index (χ4n) is 4.09. The molecule has 1 aromatic carbocycles. The number of carbonyl (C=O) groups excluding carboxylic acids is 1. The second kappa shape index (κ2) is 9.26. The van der Waals surface area contributed by atoms with Crippen LogP contribution in [0.5, 0.6) is 5.75 Å². The molecule has 28 heavy (non-hydrogen) atoms. The van der Waals surface area contributed by atoms with Gasteiger partial charge in [0.15, 0.2) is 0 Å². The van der Waals surface area contributed by atoms with Gasteiger partial charge in [0.25, 0.3) is 0 Å². The summed E-state index contributed by atoms with van der Waals surface area (Å²) >= 11 is 0. The number of benzene rings is 1. The van der Waals surface area contributed by atoms with Crippen LogP contribution in [-0.2, 0) is 11.3 Å². The fourth-order valence-corrected chi connectivity index (χ4v) is 4.09. The van der Waals surface area contributed by atoms with Gasteiger partial charge in [0, 0.05) is 37.2 Å². The Hall–Kier alpha value is -2.31. The summed E-state index contributed by atoms with van der Waals surface area (Å²) in [6.07, 6.45) is 0.944. The number of carbonyl (C=O) groups is 1. The van der Waals surface area contributed by atoms with E-state index in [-0.39, 0.29) is 5.78 Å². The molecule has 3 rings (SSSR count). The van der Waals surface area contributed by atoms with E-state index >= 15 is 0 Å². The summed E-state index contributed by atoms with van der Waals surface area (Å²) in [7, 11) is 1.71. The minimum atomic E-state index is 0.220. The van der Waals surface area contributed by atoms with Gasteiger partial charge in [-0.05, 0) is 38.5 Å². The number of quaternary nitrogens is 1. The molecule has 0 saturated carbocycles. The maximum Gasteiger partial charge on any atom is 0.218 e. The number of hydrogen-bond donors (Lipinski definition) is 2. The molecule has 2 N–H and O–H groups in total. The number of hydrogen-bond acceptors (Lipinski definition) is 4. The van der Waals surface area contributed by atoms with E-state index in [1.54, 1.807) is 13.2 Å². The largest absolute Gasteiger partial charge is 0.506 e. The number of Topliss-reactive ketones (excluding diaryl/α,β-unsaturated/α-hetero) is 1. The van der Waals surface area contributed by atoms with Crippen molar-refractivity contribution in [1.82, 2.24) is 4.57 Å². The quantitative estimate of drug-likeness (QED) is 0.532. The van der Waals surface area contributed by atoms with Crippen molar-refractivity contribution in [3.8, 4) is 5.75 Å². The molecule has 2 heterocycles. The van der Waals surface area contributed by atoms with Gasteiger partial charge in [0.05, 0.1) is 31.9 Å². The van der Waals surface area contributed by atoms with E-state index in [2.05, 4.69) is 16.4 Å². The zero-order valence-electron chi connectivity index (χ0n) is 17.2. The third-order valence-corrected chi connectivity index (χ3v) is 5.71. The first kappa shape index (κ1) is 20.4. The third kappa shape index (κ3) is 4.56. The molecule has 1 saturated heterocycles. The molecule has 0 unspecified atom stereocenters. The number of aromatic hydroxyl groups is 1. The molecule has 0 aliphatic carbocycles. The minimum Gasteiger partial charge on any atom is -0.506 e. The SMILES string of the molecule is COCCCn1c(C)cc(C(=O)C[NH+]2CCN(c3ccccc3O)CC2)c1C. The van der Waals surface area contributed by atoms with Gasteiger partial charge in [-0.3, -0.25) is 4.79 Å². The monoisotopic (exact) mass is 386 g/mol. The summed E-state index contributed by atoms with van der Waals surface area (Å²) in [5.74, 6) is 0.542. The highest BCUT2D eigenvalue weighted by Crippen LogP contribution is 2.26. The van der Waals surface area contributed by atoms with Gasteiger partial charge in [0.2, 0.25) is 5.78 Å². The molecule has 1 aliphatic rings. The highest BCUT2D eigenvalue weighted by Gasteiger charge is 2.25. The Morgan fingerprint density at radius 3 is 2.61 bits per heavy atom. The number of phenolic OH excluding ortho intramolecular Hbond substituents is 1. The zero-order chi connectivity index (χ0) is 20.1. The standard InChI is InChI=1S/C22H31N3O3/c1-17-15-19(18(2)25(17)9-6-14-28-3)22(27)16-23-10-12-24(13-11-23)20-7-4-5-8-21(20)26/h4-5,7-8,15,26H,6,9-14,16H2,1-3H3/p+1. The number of piperazine rings is 1. The fraction of sp³-hybridized carbons (Fsp3) is 0.500. The highest BCUT2D eigenvalue weighted by atomic mass is 16.5. The van der Waals surface area contributed by atoms with Crippen LogP contribution in [0.4, 0.5) is 5.69 Å². The minimum absolute atomic E-state index is 0.220. The Morgan fingerprint density at radius 2 is 1.93 bits per heavy atom. The number of aryl methyl sites for hydroxylation is 1. The molecule has 0 spiro atoms. The van der Waals surface area contributed by atoms with E-state index in [1.165, 1.54) is 4.90 Å². The van der Waals surface area contributed by atoms with Crippen molar-refractivity contribution in [2.75, 3.05) is 51.3 Å². The van der Waals surface area contributed by atoms with Crippen LogP contribution >= 0.6 is 0 Å². The Balaban J connectivity index is 1.57. The lowest BCUT2D eigenvalue weighted by atomic mass is 10.1. The number of nitrogens with one attached hydrogen (secondary N) is 1. The average Bonchev–Trinajstić information content (AvgIpc) is 2.97. The summed E-state index contributed by atoms with van der Waals surface area (Å²) in [6.45, 7) is 9.71. The molecule has 1 aliphatic heterocycles. The van der Waals surface area contributed by atoms with Crippen molar-refractivity contribution in [3.05, 3.63) is 47.3 Å². The zero-order valence-corrected chi connectivity index (χ0v) is 17.2. The number of aromatic nitrogens is 1. The summed E-state index contributed by atoms with van der Waals surface area (Å²) in [4.78, 5) is 16.4. The van der Waals surface area contributed by atoms with Crippen LogP contribution < -0.4 is 9.80 Å². The third-order valence-electron chi connectivity index (χ3n) is 5.71. The molecule has 6 nitrogen and oxygen atoms in total. The van der Waals surface area contributed by atoms with E-state index in [9.17, 15) is 9.90 Å². The highest BCUT2D eigenvalue weighted by molar-refractivity contribution is 5.98. The Morgan fingerprint density at radius 1 is 1.21 bits per heavy atom. The van der Waals surface area contributed by atoms with E-state index in [1.807, 2.05) is 31.2 Å². The van der Waals surface area contributed by atoms with Gasteiger partial charge < -0.3 is 24.2 Å². The van der Waals surface area contributed by atoms with Crippen LogP contribution in [0.3, 0.4) is 0 Å². The molecule has 1 aromatic heterocycles. The second-order valence-electron chi connectivity index (χ2n) is 7.61. The number of rotatable bonds is 8. The molecule has 0 radical (unpaired) electrons. The van der Waals surface area contributed by atoms with Crippen molar-refractivity contribution in [2.45, 2.75) is 26.8 Å². The smallest absolute Gasteiger partial charge is 0.218 e. The van der Waals surface area contributed by atoms with Crippen LogP contribution in [0.1, 0.15) is 28.2 Å². The maximum absolute atomic E-state index is 12.9. The first-order chi connectivity index (χ1) is 13.5. The normalized spacial score (nSPS) is 15.2. The Kier molecular flexibility index (Phi) is 6.75. The van der Waals surface area contributed by atoms with E-state index in [0.29, 0.717) is 12.3 Å². The first-order valence-corrected chi connectivity index (χ1v) is 10.1. The molecular formula is C22H32N3O3+. The van der Waals surface area contributed by atoms with Gasteiger partial charge in [-0.1, -0.05) is 12.1 Å².